The van der Waals surface area contributed by atoms with E-state index in [1.165, 1.54) is 12.1 Å². The van der Waals surface area contributed by atoms with E-state index in [0.717, 1.165) is 18.2 Å². The number of halogens is 3. The van der Waals surface area contributed by atoms with Crippen molar-refractivity contribution in [3.8, 4) is 11.5 Å². The van der Waals surface area contributed by atoms with E-state index < -0.39 is 28.9 Å². The average Bonchev–Trinajstić information content (AvgIpc) is 2.38. The number of carboxylic acids is 1. The molecule has 20 heavy (non-hydrogen) atoms. The minimum absolute atomic E-state index is 0.201. The van der Waals surface area contributed by atoms with Crippen molar-refractivity contribution >= 4 is 27.6 Å². The van der Waals surface area contributed by atoms with E-state index in [2.05, 4.69) is 15.9 Å². The molecule has 0 bridgehead atoms. The second-order valence-corrected chi connectivity index (χ2v) is 4.73. The number of carbonyl (C=O) groups is 1. The summed E-state index contributed by atoms with van der Waals surface area (Å²) in [5.74, 6) is -3.48. The molecule has 2 aromatic rings. The van der Waals surface area contributed by atoms with Crippen LogP contribution in [0.2, 0.25) is 0 Å². The fourth-order valence-corrected chi connectivity index (χ4v) is 1.89. The first-order valence-electron chi connectivity index (χ1n) is 5.34. The Morgan fingerprint density at radius 2 is 1.80 bits per heavy atom. The quantitative estimate of drug-likeness (QED) is 0.831. The number of nitrogen functional groups attached to an aromatic ring is 1. The third kappa shape index (κ3) is 2.72. The highest BCUT2D eigenvalue weighted by atomic mass is 79.9. The van der Waals surface area contributed by atoms with Crippen LogP contribution in [-0.4, -0.2) is 11.1 Å². The molecular formula is C13H8BrF2NO3. The van der Waals surface area contributed by atoms with Gasteiger partial charge >= 0.3 is 5.97 Å². The van der Waals surface area contributed by atoms with E-state index in [1.807, 2.05) is 0 Å². The fourth-order valence-electron chi connectivity index (χ4n) is 1.55. The van der Waals surface area contributed by atoms with Gasteiger partial charge in [0.15, 0.2) is 11.6 Å². The van der Waals surface area contributed by atoms with Gasteiger partial charge in [0.05, 0.1) is 5.69 Å². The molecule has 2 rings (SSSR count). The van der Waals surface area contributed by atoms with E-state index in [9.17, 15) is 13.6 Å². The first-order valence-corrected chi connectivity index (χ1v) is 6.13. The zero-order valence-electron chi connectivity index (χ0n) is 9.86. The maximum absolute atomic E-state index is 13.6. The van der Waals surface area contributed by atoms with Crippen LogP contribution in [0.25, 0.3) is 0 Å². The van der Waals surface area contributed by atoms with Gasteiger partial charge in [-0.15, -0.1) is 0 Å². The molecule has 0 saturated heterocycles. The first-order chi connectivity index (χ1) is 9.40. The number of carboxylic acid groups (broad SMARTS) is 1. The van der Waals surface area contributed by atoms with Gasteiger partial charge in [-0.1, -0.05) is 15.9 Å². The van der Waals surface area contributed by atoms with E-state index in [4.69, 9.17) is 15.6 Å². The van der Waals surface area contributed by atoms with Crippen molar-refractivity contribution in [1.82, 2.24) is 0 Å². The van der Waals surface area contributed by atoms with E-state index in [1.54, 1.807) is 0 Å². The standard InChI is InChI=1S/C13H8BrF2NO3/c14-6-1-2-7(15)10(5-6)20-9-4-3-8(16)12(17)11(9)13(18)19/h1-5H,17H2,(H,18,19). The Bertz CT molecular complexity index is 692. The highest BCUT2D eigenvalue weighted by Crippen LogP contribution is 2.33. The van der Waals surface area contributed by atoms with Crippen molar-refractivity contribution in [2.24, 2.45) is 0 Å². The van der Waals surface area contributed by atoms with Crippen LogP contribution in [-0.2, 0) is 0 Å². The summed E-state index contributed by atoms with van der Waals surface area (Å²) in [5.41, 5.74) is 4.25. The number of aromatic carboxylic acids is 1. The largest absolute Gasteiger partial charge is 0.477 e. The molecule has 0 atom stereocenters. The highest BCUT2D eigenvalue weighted by Gasteiger charge is 2.20. The smallest absolute Gasteiger partial charge is 0.341 e. The summed E-state index contributed by atoms with van der Waals surface area (Å²) in [4.78, 5) is 11.1. The molecule has 0 unspecified atom stereocenters. The molecule has 104 valence electrons. The number of rotatable bonds is 3. The highest BCUT2D eigenvalue weighted by molar-refractivity contribution is 9.10. The number of ether oxygens (including phenoxy) is 1. The molecule has 0 aromatic heterocycles. The van der Waals surface area contributed by atoms with Crippen LogP contribution in [0.1, 0.15) is 10.4 Å². The van der Waals surface area contributed by atoms with E-state index >= 15 is 0 Å². The topological polar surface area (TPSA) is 72.5 Å². The summed E-state index contributed by atoms with van der Waals surface area (Å²) in [6.07, 6.45) is 0. The second-order valence-electron chi connectivity index (χ2n) is 3.82. The Kier molecular flexibility index (Phi) is 3.89. The molecule has 7 heteroatoms. The SMILES string of the molecule is Nc1c(F)ccc(Oc2cc(Br)ccc2F)c1C(=O)O. The molecule has 3 N–H and O–H groups in total. The predicted octanol–water partition coefficient (Wildman–Crippen LogP) is 3.80. The number of anilines is 1. The normalized spacial score (nSPS) is 10.3. The maximum atomic E-state index is 13.6. The van der Waals surface area contributed by atoms with Crippen molar-refractivity contribution in [1.29, 1.82) is 0 Å². The van der Waals surface area contributed by atoms with Gasteiger partial charge in [0.25, 0.3) is 0 Å². The molecule has 4 nitrogen and oxygen atoms in total. The fraction of sp³-hybridized carbons (Fsp3) is 0. The molecule has 0 fully saturated rings. The summed E-state index contributed by atoms with van der Waals surface area (Å²) in [5, 5.41) is 9.04. The number of nitrogens with two attached hydrogens (primary N) is 1. The zero-order valence-corrected chi connectivity index (χ0v) is 11.4. The van der Waals surface area contributed by atoms with E-state index in [-0.39, 0.29) is 11.5 Å². The Morgan fingerprint density at radius 3 is 2.45 bits per heavy atom. The van der Waals surface area contributed by atoms with Crippen LogP contribution >= 0.6 is 15.9 Å². The third-order valence-corrected chi connectivity index (χ3v) is 2.97. The second kappa shape index (κ2) is 5.46. The van der Waals surface area contributed by atoms with Gasteiger partial charge in [-0.25, -0.2) is 13.6 Å². The molecule has 0 amide bonds. The average molecular weight is 344 g/mol. The lowest BCUT2D eigenvalue weighted by atomic mass is 10.1. The van der Waals surface area contributed by atoms with Gasteiger partial charge in [-0.05, 0) is 30.3 Å². The van der Waals surface area contributed by atoms with Crippen LogP contribution in [0.15, 0.2) is 34.8 Å². The molecule has 0 aliphatic carbocycles. The Morgan fingerprint density at radius 1 is 1.15 bits per heavy atom. The van der Waals surface area contributed by atoms with Crippen LogP contribution < -0.4 is 10.5 Å². The Balaban J connectivity index is 2.51. The van der Waals surface area contributed by atoms with Gasteiger partial charge in [0.2, 0.25) is 0 Å². The minimum Gasteiger partial charge on any atom is -0.477 e. The van der Waals surface area contributed by atoms with Gasteiger partial charge in [-0.2, -0.15) is 0 Å². The zero-order chi connectivity index (χ0) is 14.9. The number of hydrogen-bond acceptors (Lipinski definition) is 3. The molecule has 0 radical (unpaired) electrons. The number of hydrogen-bond donors (Lipinski definition) is 2. The van der Waals surface area contributed by atoms with Crippen LogP contribution in [0, 0.1) is 11.6 Å². The van der Waals surface area contributed by atoms with Crippen molar-refractivity contribution < 1.29 is 23.4 Å². The van der Waals surface area contributed by atoms with Gasteiger partial charge in [-0.3, -0.25) is 0 Å². The van der Waals surface area contributed by atoms with E-state index in [0.29, 0.717) is 4.47 Å². The summed E-state index contributed by atoms with van der Waals surface area (Å²) in [7, 11) is 0. The summed E-state index contributed by atoms with van der Waals surface area (Å²) < 4.78 is 32.6. The first kappa shape index (κ1) is 14.3. The minimum atomic E-state index is -1.47. The maximum Gasteiger partial charge on any atom is 0.341 e. The lowest BCUT2D eigenvalue weighted by Gasteiger charge is -2.12. The predicted molar refractivity (Wildman–Crippen MR) is 71.9 cm³/mol. The van der Waals surface area contributed by atoms with Crippen LogP contribution in [0.3, 0.4) is 0 Å². The summed E-state index contributed by atoms with van der Waals surface area (Å²) in [6, 6.07) is 5.95. The van der Waals surface area contributed by atoms with Gasteiger partial charge < -0.3 is 15.6 Å². The molecule has 0 aliphatic rings. The monoisotopic (exact) mass is 343 g/mol. The van der Waals surface area contributed by atoms with Crippen LogP contribution in [0.4, 0.5) is 14.5 Å². The van der Waals surface area contributed by atoms with Crippen LogP contribution in [0.5, 0.6) is 11.5 Å². The Labute approximate surface area is 120 Å². The summed E-state index contributed by atoms with van der Waals surface area (Å²) in [6.45, 7) is 0. The molecule has 0 spiro atoms. The van der Waals surface area contributed by atoms with Crippen molar-refractivity contribution in [3.63, 3.8) is 0 Å². The van der Waals surface area contributed by atoms with Crippen molar-refractivity contribution in [3.05, 3.63) is 52.0 Å². The Hall–Kier alpha value is -2.15. The van der Waals surface area contributed by atoms with Gasteiger partial charge in [0.1, 0.15) is 17.1 Å². The molecule has 0 aliphatic heterocycles. The lowest BCUT2D eigenvalue weighted by molar-refractivity contribution is 0.0694. The van der Waals surface area contributed by atoms with Gasteiger partial charge in [0, 0.05) is 4.47 Å². The molecule has 2 aromatic carbocycles. The molecule has 0 heterocycles. The summed E-state index contributed by atoms with van der Waals surface area (Å²) >= 11 is 3.14. The lowest BCUT2D eigenvalue weighted by Crippen LogP contribution is -2.07. The van der Waals surface area contributed by atoms with Crippen molar-refractivity contribution in [2.75, 3.05) is 5.73 Å². The molecular weight excluding hydrogens is 336 g/mol. The molecule has 0 saturated carbocycles. The third-order valence-electron chi connectivity index (χ3n) is 2.48. The van der Waals surface area contributed by atoms with Crippen molar-refractivity contribution in [2.45, 2.75) is 0 Å². The number of benzene rings is 2.